The molecule has 0 aliphatic carbocycles. The molecule has 0 spiro atoms. The lowest BCUT2D eigenvalue weighted by Crippen LogP contribution is -2.47. The molecule has 2 aromatic carbocycles. The predicted molar refractivity (Wildman–Crippen MR) is 133 cm³/mol. The van der Waals surface area contributed by atoms with Crippen LogP contribution in [-0.4, -0.2) is 53.8 Å². The molecule has 182 valence electrons. The Hall–Kier alpha value is -3.03. The minimum absolute atomic E-state index is 0.129. The van der Waals surface area contributed by atoms with Gasteiger partial charge in [-0.25, -0.2) is 9.37 Å². The van der Waals surface area contributed by atoms with Crippen molar-refractivity contribution in [2.24, 2.45) is 11.1 Å². The first-order chi connectivity index (χ1) is 16.2. The summed E-state index contributed by atoms with van der Waals surface area (Å²) in [5, 5.41) is 0. The Morgan fingerprint density at radius 3 is 2.29 bits per heavy atom. The fourth-order valence-corrected chi connectivity index (χ4v) is 4.19. The third-order valence-electron chi connectivity index (χ3n) is 5.70. The van der Waals surface area contributed by atoms with Gasteiger partial charge in [-0.15, -0.1) is 0 Å². The van der Waals surface area contributed by atoms with Crippen LogP contribution in [0.15, 0.2) is 60.7 Å². The van der Waals surface area contributed by atoms with Crippen molar-refractivity contribution >= 4 is 5.91 Å². The van der Waals surface area contributed by atoms with Crippen LogP contribution in [0.2, 0.25) is 0 Å². The van der Waals surface area contributed by atoms with Crippen molar-refractivity contribution in [3.8, 4) is 11.3 Å². The van der Waals surface area contributed by atoms with Crippen molar-refractivity contribution in [3.05, 3.63) is 77.7 Å². The van der Waals surface area contributed by atoms with Crippen LogP contribution in [0.25, 0.3) is 11.3 Å². The molecular formula is C27H35FN4O2. The molecule has 3 aromatic rings. The lowest BCUT2D eigenvalue weighted by atomic mass is 9.84. The number of aromatic nitrogens is 2. The van der Waals surface area contributed by atoms with Crippen LogP contribution < -0.4 is 5.73 Å². The molecule has 1 aromatic heterocycles. The maximum Gasteiger partial charge on any atom is 0.249 e. The molecule has 0 aliphatic heterocycles. The number of amides is 1. The van der Waals surface area contributed by atoms with Gasteiger partial charge in [0.15, 0.2) is 0 Å². The smallest absolute Gasteiger partial charge is 0.249 e. The van der Waals surface area contributed by atoms with Gasteiger partial charge in [0, 0.05) is 31.3 Å². The highest BCUT2D eigenvalue weighted by molar-refractivity contribution is 5.78. The summed E-state index contributed by atoms with van der Waals surface area (Å²) in [6.45, 7) is 5.61. The van der Waals surface area contributed by atoms with Crippen molar-refractivity contribution in [2.45, 2.75) is 39.4 Å². The Balaban J connectivity index is 2.12. The monoisotopic (exact) mass is 466 g/mol. The van der Waals surface area contributed by atoms with Crippen molar-refractivity contribution in [1.29, 1.82) is 0 Å². The Labute approximate surface area is 201 Å². The van der Waals surface area contributed by atoms with Gasteiger partial charge in [0.1, 0.15) is 18.6 Å². The van der Waals surface area contributed by atoms with Gasteiger partial charge < -0.3 is 20.4 Å². The van der Waals surface area contributed by atoms with Crippen molar-refractivity contribution in [2.75, 3.05) is 26.8 Å². The zero-order valence-corrected chi connectivity index (χ0v) is 20.4. The van der Waals surface area contributed by atoms with E-state index >= 15 is 0 Å². The number of imidazole rings is 1. The molecule has 0 bridgehead atoms. The minimum atomic E-state index is -1.35. The molecule has 3 rings (SSSR count). The molecule has 0 saturated carbocycles. The maximum atomic E-state index is 14.5. The van der Waals surface area contributed by atoms with E-state index in [0.29, 0.717) is 12.2 Å². The number of nitrogens with zero attached hydrogens (tertiary/aromatic N) is 2. The highest BCUT2D eigenvalue weighted by Gasteiger charge is 2.38. The molecule has 1 amide bonds. The van der Waals surface area contributed by atoms with Gasteiger partial charge in [-0.2, -0.15) is 0 Å². The summed E-state index contributed by atoms with van der Waals surface area (Å²) < 4.78 is 19.6. The van der Waals surface area contributed by atoms with Crippen LogP contribution in [0.3, 0.4) is 0 Å². The van der Waals surface area contributed by atoms with E-state index in [9.17, 15) is 9.18 Å². The third-order valence-corrected chi connectivity index (χ3v) is 5.70. The van der Waals surface area contributed by atoms with Gasteiger partial charge in [0.2, 0.25) is 5.91 Å². The van der Waals surface area contributed by atoms with Gasteiger partial charge in [0.25, 0.3) is 0 Å². The number of hydrogen-bond acceptors (Lipinski definition) is 4. The lowest BCUT2D eigenvalue weighted by Gasteiger charge is -2.39. The summed E-state index contributed by atoms with van der Waals surface area (Å²) in [4.78, 5) is 23.1. The third kappa shape index (κ3) is 6.30. The number of aromatic amines is 1. The average molecular weight is 467 g/mol. The number of carbonyl (C=O) groups is 1. The van der Waals surface area contributed by atoms with Gasteiger partial charge in [-0.3, -0.25) is 4.79 Å². The van der Waals surface area contributed by atoms with E-state index in [1.54, 1.807) is 0 Å². The van der Waals surface area contributed by atoms with Gasteiger partial charge >= 0.3 is 0 Å². The number of halogens is 1. The molecule has 0 saturated heterocycles. The predicted octanol–water partition coefficient (Wildman–Crippen LogP) is 4.53. The zero-order chi connectivity index (χ0) is 24.7. The van der Waals surface area contributed by atoms with Gasteiger partial charge in [0.05, 0.1) is 18.3 Å². The number of hydrogen-bond donors (Lipinski definition) is 2. The highest BCUT2D eigenvalue weighted by atomic mass is 19.1. The summed E-state index contributed by atoms with van der Waals surface area (Å²) in [6.07, 6.45) is -0.701. The van der Waals surface area contributed by atoms with Crippen LogP contribution in [0, 0.1) is 5.41 Å². The molecule has 2 atom stereocenters. The summed E-state index contributed by atoms with van der Waals surface area (Å²) in [6, 6.07) is 19.6. The van der Waals surface area contributed by atoms with Crippen LogP contribution in [0.5, 0.6) is 0 Å². The van der Waals surface area contributed by atoms with E-state index in [4.69, 9.17) is 15.5 Å². The number of nitrogens with one attached hydrogen (secondary N) is 1. The number of benzene rings is 2. The first-order valence-corrected chi connectivity index (χ1v) is 11.5. The van der Waals surface area contributed by atoms with E-state index in [-0.39, 0.29) is 25.6 Å². The second kappa shape index (κ2) is 11.4. The number of ether oxygens (including phenoxy) is 1. The van der Waals surface area contributed by atoms with Crippen molar-refractivity contribution in [1.82, 2.24) is 14.9 Å². The van der Waals surface area contributed by atoms with Crippen LogP contribution >= 0.6 is 0 Å². The molecule has 34 heavy (non-hydrogen) atoms. The summed E-state index contributed by atoms with van der Waals surface area (Å²) >= 11 is 0. The van der Waals surface area contributed by atoms with Gasteiger partial charge in [-0.05, 0) is 11.0 Å². The van der Waals surface area contributed by atoms with Crippen LogP contribution in [0.1, 0.15) is 43.9 Å². The van der Waals surface area contributed by atoms with Gasteiger partial charge in [-0.1, -0.05) is 81.4 Å². The summed E-state index contributed by atoms with van der Waals surface area (Å²) in [7, 11) is 1.45. The Bertz CT molecular complexity index is 1050. The normalized spacial score (nSPS) is 13.5. The molecule has 0 aliphatic rings. The summed E-state index contributed by atoms with van der Waals surface area (Å²) in [5.41, 5.74) is 9.01. The van der Waals surface area contributed by atoms with E-state index < -0.39 is 17.6 Å². The van der Waals surface area contributed by atoms with E-state index in [1.807, 2.05) is 69.3 Å². The second-order valence-electron chi connectivity index (χ2n) is 9.56. The molecule has 0 unspecified atom stereocenters. The molecule has 0 radical (unpaired) electrons. The molecule has 1 heterocycles. The first-order valence-electron chi connectivity index (χ1n) is 11.5. The number of alkyl halides is 1. The average Bonchev–Trinajstić information content (AvgIpc) is 3.21. The minimum Gasteiger partial charge on any atom is -0.375 e. The number of nitrogens with two attached hydrogens (primary N) is 1. The van der Waals surface area contributed by atoms with Crippen molar-refractivity contribution < 1.29 is 13.9 Å². The van der Waals surface area contributed by atoms with Crippen LogP contribution in [-0.2, 0) is 16.0 Å². The van der Waals surface area contributed by atoms with Crippen LogP contribution in [0.4, 0.5) is 4.39 Å². The largest absolute Gasteiger partial charge is 0.375 e. The quantitative estimate of drug-likeness (QED) is 0.460. The van der Waals surface area contributed by atoms with Crippen molar-refractivity contribution in [3.63, 3.8) is 0 Å². The lowest BCUT2D eigenvalue weighted by molar-refractivity contribution is -0.141. The number of carbonyl (C=O) groups excluding carboxylic acids is 1. The Morgan fingerprint density at radius 2 is 1.74 bits per heavy atom. The molecule has 3 N–H and O–H groups in total. The molecule has 7 heteroatoms. The first kappa shape index (κ1) is 25.6. The van der Waals surface area contributed by atoms with E-state index in [2.05, 4.69) is 17.1 Å². The summed E-state index contributed by atoms with van der Waals surface area (Å²) in [5.74, 6) is 0.312. The number of methoxy groups -OCH3 is 1. The highest BCUT2D eigenvalue weighted by Crippen LogP contribution is 2.39. The SMILES string of the molecule is COCC(=O)N(C[C@H](F)CN)[C@@H](c1nc(-c2ccccc2)c(Cc2ccccc2)[nH]1)C(C)(C)C. The fourth-order valence-electron chi connectivity index (χ4n) is 4.19. The molecule has 0 fully saturated rings. The van der Waals surface area contributed by atoms with E-state index in [1.165, 1.54) is 12.0 Å². The molecular weight excluding hydrogens is 431 g/mol. The maximum absolute atomic E-state index is 14.5. The Morgan fingerprint density at radius 1 is 1.12 bits per heavy atom. The number of H-pyrrole nitrogens is 1. The second-order valence-corrected chi connectivity index (χ2v) is 9.56. The Kier molecular flexibility index (Phi) is 8.58. The topological polar surface area (TPSA) is 84.2 Å². The standard InChI is InChI=1S/C27H35FN4O2/c1-27(2,3)25(32(17-21(28)16-29)23(33)18-34-4)26-30-22(15-19-11-7-5-8-12-19)24(31-26)20-13-9-6-10-14-20/h5-14,21,25H,15-18,29H2,1-4H3,(H,30,31)/t21-,25+/m1/s1. The molecule has 6 nitrogen and oxygen atoms in total. The van der Waals surface area contributed by atoms with E-state index in [0.717, 1.165) is 22.5 Å². The number of rotatable bonds is 10. The fraction of sp³-hybridized carbons (Fsp3) is 0.407. The zero-order valence-electron chi connectivity index (χ0n) is 20.4.